The summed E-state index contributed by atoms with van der Waals surface area (Å²) in [6.07, 6.45) is 1.39. The van der Waals surface area contributed by atoms with E-state index < -0.39 is 6.29 Å². The van der Waals surface area contributed by atoms with Gasteiger partial charge < -0.3 is 25.4 Å². The lowest BCUT2D eigenvalue weighted by atomic mass is 9.89. The van der Waals surface area contributed by atoms with Crippen molar-refractivity contribution in [2.45, 2.75) is 57.5 Å². The molecule has 3 aromatic rings. The number of aliphatic hydroxyl groups is 2. The molecule has 0 bridgehead atoms. The van der Waals surface area contributed by atoms with Crippen LogP contribution in [0.2, 0.25) is 0 Å². The standard InChI is InChI=1S/C31H38N2O4/c1-21-29(18-33-14-4-9-28(33)20-35)36-31(37-30(21)24-12-10-22(19-34)11-13-24)27-8-3-7-26(16-27)25-6-2-5-23(15-25)17-32/h2-3,5-8,10-13,15-16,21,28-31,34-35H,4,9,14,17-20,32H2,1H3. The summed E-state index contributed by atoms with van der Waals surface area (Å²) in [6.45, 7) is 4.62. The summed E-state index contributed by atoms with van der Waals surface area (Å²) < 4.78 is 13.3. The van der Waals surface area contributed by atoms with Crippen molar-refractivity contribution in [1.82, 2.24) is 4.90 Å². The van der Waals surface area contributed by atoms with Crippen molar-refractivity contribution in [2.24, 2.45) is 11.7 Å². The van der Waals surface area contributed by atoms with Crippen molar-refractivity contribution in [1.29, 1.82) is 0 Å². The average molecular weight is 503 g/mol. The van der Waals surface area contributed by atoms with Gasteiger partial charge in [0.25, 0.3) is 0 Å². The lowest BCUT2D eigenvalue weighted by Crippen LogP contribution is -2.46. The fraction of sp³-hybridized carbons (Fsp3) is 0.419. The molecule has 37 heavy (non-hydrogen) atoms. The van der Waals surface area contributed by atoms with E-state index in [0.717, 1.165) is 59.3 Å². The summed E-state index contributed by atoms with van der Waals surface area (Å²) in [7, 11) is 0. The molecule has 5 rings (SSSR count). The largest absolute Gasteiger partial charge is 0.395 e. The minimum absolute atomic E-state index is 0.0192. The van der Waals surface area contributed by atoms with Gasteiger partial charge in [-0.25, -0.2) is 0 Å². The Bertz CT molecular complexity index is 1170. The molecule has 0 aromatic heterocycles. The zero-order valence-electron chi connectivity index (χ0n) is 21.5. The molecule has 0 amide bonds. The topological polar surface area (TPSA) is 88.2 Å². The van der Waals surface area contributed by atoms with Crippen molar-refractivity contribution in [2.75, 3.05) is 19.7 Å². The number of nitrogens with two attached hydrogens (primary N) is 1. The average Bonchev–Trinajstić information content (AvgIpc) is 3.41. The van der Waals surface area contributed by atoms with Gasteiger partial charge in [0, 0.05) is 30.6 Å². The van der Waals surface area contributed by atoms with Gasteiger partial charge in [-0.1, -0.05) is 67.6 Å². The molecule has 5 unspecified atom stereocenters. The Morgan fingerprint density at radius 1 is 0.892 bits per heavy atom. The van der Waals surface area contributed by atoms with Crippen molar-refractivity contribution in [3.63, 3.8) is 0 Å². The Morgan fingerprint density at radius 3 is 2.38 bits per heavy atom. The van der Waals surface area contributed by atoms with Crippen LogP contribution in [0.1, 0.15) is 54.4 Å². The van der Waals surface area contributed by atoms with E-state index in [1.165, 1.54) is 0 Å². The van der Waals surface area contributed by atoms with Crippen LogP contribution in [0.25, 0.3) is 11.1 Å². The molecular weight excluding hydrogens is 464 g/mol. The van der Waals surface area contributed by atoms with Crippen LogP contribution in [-0.2, 0) is 22.6 Å². The lowest BCUT2D eigenvalue weighted by Gasteiger charge is -2.43. The number of ether oxygens (including phenoxy) is 2. The first-order valence-electron chi connectivity index (χ1n) is 13.3. The molecule has 5 atom stereocenters. The number of hydrogen-bond acceptors (Lipinski definition) is 6. The highest BCUT2D eigenvalue weighted by Gasteiger charge is 2.40. The molecular formula is C31H38N2O4. The molecule has 3 aromatic carbocycles. The van der Waals surface area contributed by atoms with Gasteiger partial charge in [0.15, 0.2) is 6.29 Å². The smallest absolute Gasteiger partial charge is 0.184 e. The monoisotopic (exact) mass is 502 g/mol. The zero-order valence-corrected chi connectivity index (χ0v) is 21.5. The Labute approximate surface area is 219 Å². The molecule has 0 radical (unpaired) electrons. The third-order valence-electron chi connectivity index (χ3n) is 7.90. The minimum atomic E-state index is -0.517. The molecule has 0 spiro atoms. The summed E-state index contributed by atoms with van der Waals surface area (Å²) in [5.74, 6) is 0.112. The molecule has 6 heteroatoms. The molecule has 0 saturated carbocycles. The van der Waals surface area contributed by atoms with Crippen LogP contribution < -0.4 is 5.73 Å². The molecule has 2 saturated heterocycles. The Kier molecular flexibility index (Phi) is 8.35. The predicted molar refractivity (Wildman–Crippen MR) is 144 cm³/mol. The Balaban J connectivity index is 1.45. The van der Waals surface area contributed by atoms with E-state index in [1.54, 1.807) is 0 Å². The van der Waals surface area contributed by atoms with E-state index in [-0.39, 0.29) is 37.4 Å². The van der Waals surface area contributed by atoms with Crippen LogP contribution in [0.5, 0.6) is 0 Å². The van der Waals surface area contributed by atoms with E-state index in [1.807, 2.05) is 42.5 Å². The highest BCUT2D eigenvalue weighted by atomic mass is 16.7. The van der Waals surface area contributed by atoms with Gasteiger partial charge in [-0.3, -0.25) is 4.90 Å². The van der Waals surface area contributed by atoms with Crippen molar-refractivity contribution >= 4 is 0 Å². The number of likely N-dealkylation sites (tertiary alicyclic amines) is 1. The second kappa shape index (κ2) is 11.9. The molecule has 4 N–H and O–H groups in total. The number of nitrogens with zero attached hydrogens (tertiary/aromatic N) is 1. The quantitative estimate of drug-likeness (QED) is 0.419. The van der Waals surface area contributed by atoms with Gasteiger partial charge >= 0.3 is 0 Å². The summed E-state index contributed by atoms with van der Waals surface area (Å²) in [6, 6.07) is 24.9. The summed E-state index contributed by atoms with van der Waals surface area (Å²) in [5, 5.41) is 19.4. The predicted octanol–water partition coefficient (Wildman–Crippen LogP) is 4.55. The molecule has 2 heterocycles. The minimum Gasteiger partial charge on any atom is -0.395 e. The first kappa shape index (κ1) is 26.0. The van der Waals surface area contributed by atoms with Gasteiger partial charge in [0.05, 0.1) is 25.4 Å². The zero-order chi connectivity index (χ0) is 25.8. The van der Waals surface area contributed by atoms with Gasteiger partial charge in [-0.05, 0) is 59.3 Å². The Morgan fingerprint density at radius 2 is 1.65 bits per heavy atom. The van der Waals surface area contributed by atoms with Crippen molar-refractivity contribution < 1.29 is 19.7 Å². The van der Waals surface area contributed by atoms with E-state index in [9.17, 15) is 10.2 Å². The second-order valence-corrected chi connectivity index (χ2v) is 10.3. The van der Waals surface area contributed by atoms with Crippen LogP contribution in [0.3, 0.4) is 0 Å². The molecule has 2 fully saturated rings. The third-order valence-corrected chi connectivity index (χ3v) is 7.90. The fourth-order valence-corrected chi connectivity index (χ4v) is 5.64. The van der Waals surface area contributed by atoms with Crippen LogP contribution in [0.15, 0.2) is 72.8 Å². The highest BCUT2D eigenvalue weighted by molar-refractivity contribution is 5.65. The van der Waals surface area contributed by atoms with Crippen LogP contribution in [-0.4, -0.2) is 47.0 Å². The van der Waals surface area contributed by atoms with Gasteiger partial charge in [0.1, 0.15) is 0 Å². The first-order valence-corrected chi connectivity index (χ1v) is 13.3. The normalized spacial score (nSPS) is 26.4. The van der Waals surface area contributed by atoms with Gasteiger partial charge in [-0.2, -0.15) is 0 Å². The maximum Gasteiger partial charge on any atom is 0.184 e. The Hall–Kier alpha value is -2.58. The SMILES string of the molecule is CC1C(CN2CCCC2CO)OC(c2cccc(-c3cccc(CN)c3)c2)OC1c1ccc(CO)cc1. The number of benzene rings is 3. The fourth-order valence-electron chi connectivity index (χ4n) is 5.64. The van der Waals surface area contributed by atoms with Gasteiger partial charge in [0.2, 0.25) is 0 Å². The lowest BCUT2D eigenvalue weighted by molar-refractivity contribution is -0.276. The van der Waals surface area contributed by atoms with E-state index in [2.05, 4.69) is 42.2 Å². The summed E-state index contributed by atoms with van der Waals surface area (Å²) in [5.41, 5.74) is 12.1. The summed E-state index contributed by atoms with van der Waals surface area (Å²) >= 11 is 0. The second-order valence-electron chi connectivity index (χ2n) is 10.3. The molecule has 2 aliphatic heterocycles. The van der Waals surface area contributed by atoms with Crippen molar-refractivity contribution in [3.05, 3.63) is 95.1 Å². The maximum atomic E-state index is 9.88. The maximum absolute atomic E-state index is 9.88. The molecule has 6 nitrogen and oxygen atoms in total. The molecule has 196 valence electrons. The highest BCUT2D eigenvalue weighted by Crippen LogP contribution is 2.42. The molecule has 0 aliphatic carbocycles. The van der Waals surface area contributed by atoms with Crippen molar-refractivity contribution in [3.8, 4) is 11.1 Å². The van der Waals surface area contributed by atoms with Crippen LogP contribution >= 0.6 is 0 Å². The van der Waals surface area contributed by atoms with E-state index >= 15 is 0 Å². The summed E-state index contributed by atoms with van der Waals surface area (Å²) in [4.78, 5) is 2.37. The number of rotatable bonds is 8. The van der Waals surface area contributed by atoms with E-state index in [0.29, 0.717) is 6.54 Å². The number of hydrogen-bond donors (Lipinski definition) is 3. The van der Waals surface area contributed by atoms with Gasteiger partial charge in [-0.15, -0.1) is 0 Å². The number of aliphatic hydroxyl groups excluding tert-OH is 2. The third kappa shape index (κ3) is 5.80. The van der Waals surface area contributed by atoms with Crippen LogP contribution in [0, 0.1) is 5.92 Å². The molecule has 2 aliphatic rings. The first-order chi connectivity index (χ1) is 18.1. The van der Waals surface area contributed by atoms with E-state index in [4.69, 9.17) is 15.2 Å². The van der Waals surface area contributed by atoms with Crippen LogP contribution in [0.4, 0.5) is 0 Å².